The Morgan fingerprint density at radius 3 is 2.85 bits per heavy atom. The normalized spacial score (nSPS) is 10.5. The minimum atomic E-state index is 0.217. The molecule has 0 saturated carbocycles. The fraction of sp³-hybridized carbons (Fsp3) is 0.222. The topological polar surface area (TPSA) is 65.2 Å². The first kappa shape index (κ1) is 7.91. The highest BCUT2D eigenvalue weighted by Crippen LogP contribution is 2.08. The van der Waals surface area contributed by atoms with E-state index in [0.717, 1.165) is 24.3 Å². The van der Waals surface area contributed by atoms with E-state index < -0.39 is 0 Å². The number of furan rings is 1. The van der Waals surface area contributed by atoms with Crippen LogP contribution < -0.4 is 5.73 Å². The summed E-state index contributed by atoms with van der Waals surface area (Å²) in [6, 6.07) is 4.02. The molecule has 0 bridgehead atoms. The van der Waals surface area contributed by atoms with Crippen LogP contribution in [0.1, 0.15) is 11.5 Å². The summed E-state index contributed by atoms with van der Waals surface area (Å²) in [6.45, 7) is 0. The van der Waals surface area contributed by atoms with Gasteiger partial charge in [-0.2, -0.15) is 4.98 Å². The SMILES string of the molecule is Nc1nc(CCc2ccco2)co1. The van der Waals surface area contributed by atoms with Crippen LogP contribution in [0, 0.1) is 0 Å². The number of oxazole rings is 1. The number of anilines is 1. The highest BCUT2D eigenvalue weighted by atomic mass is 16.4. The second-order valence-corrected chi connectivity index (χ2v) is 2.76. The Labute approximate surface area is 75.4 Å². The van der Waals surface area contributed by atoms with Crippen molar-refractivity contribution in [3.63, 3.8) is 0 Å². The summed E-state index contributed by atoms with van der Waals surface area (Å²) in [5, 5.41) is 0. The molecule has 0 radical (unpaired) electrons. The molecule has 0 fully saturated rings. The van der Waals surface area contributed by atoms with Gasteiger partial charge in [0.05, 0.1) is 12.0 Å². The van der Waals surface area contributed by atoms with E-state index >= 15 is 0 Å². The van der Waals surface area contributed by atoms with Crippen LogP contribution in [-0.4, -0.2) is 4.98 Å². The molecule has 0 saturated heterocycles. The predicted molar refractivity (Wildman–Crippen MR) is 47.0 cm³/mol. The number of aryl methyl sites for hydroxylation is 2. The molecule has 2 N–H and O–H groups in total. The predicted octanol–water partition coefficient (Wildman–Crippen LogP) is 1.64. The number of rotatable bonds is 3. The van der Waals surface area contributed by atoms with Gasteiger partial charge in [0.15, 0.2) is 0 Å². The number of hydrogen-bond acceptors (Lipinski definition) is 4. The monoisotopic (exact) mass is 178 g/mol. The number of nitrogen functional groups attached to an aromatic ring is 1. The summed E-state index contributed by atoms with van der Waals surface area (Å²) in [6.07, 6.45) is 4.83. The Kier molecular flexibility index (Phi) is 2.04. The maximum atomic E-state index is 5.33. The van der Waals surface area contributed by atoms with Gasteiger partial charge in [-0.25, -0.2) is 0 Å². The van der Waals surface area contributed by atoms with Crippen molar-refractivity contribution < 1.29 is 8.83 Å². The Morgan fingerprint density at radius 1 is 1.31 bits per heavy atom. The molecule has 0 aromatic carbocycles. The lowest BCUT2D eigenvalue weighted by Gasteiger charge is -1.91. The zero-order chi connectivity index (χ0) is 9.10. The van der Waals surface area contributed by atoms with E-state index in [4.69, 9.17) is 14.6 Å². The molecular formula is C9H10N2O2. The van der Waals surface area contributed by atoms with E-state index in [1.165, 1.54) is 0 Å². The second kappa shape index (κ2) is 3.35. The van der Waals surface area contributed by atoms with Crippen LogP contribution >= 0.6 is 0 Å². The first-order chi connectivity index (χ1) is 6.34. The van der Waals surface area contributed by atoms with Crippen molar-refractivity contribution in [1.29, 1.82) is 0 Å². The molecule has 0 aliphatic rings. The molecule has 4 heteroatoms. The van der Waals surface area contributed by atoms with Gasteiger partial charge in [0.2, 0.25) is 0 Å². The van der Waals surface area contributed by atoms with Crippen molar-refractivity contribution in [1.82, 2.24) is 4.98 Å². The first-order valence-corrected chi connectivity index (χ1v) is 4.07. The maximum absolute atomic E-state index is 5.33. The summed E-state index contributed by atoms with van der Waals surface area (Å²) in [5.74, 6) is 0.946. The molecule has 0 atom stereocenters. The van der Waals surface area contributed by atoms with Crippen molar-refractivity contribution in [2.24, 2.45) is 0 Å². The Bertz CT molecular complexity index is 365. The lowest BCUT2D eigenvalue weighted by molar-refractivity contribution is 0.507. The molecule has 2 aromatic heterocycles. The third-order valence-electron chi connectivity index (χ3n) is 1.78. The molecule has 4 nitrogen and oxygen atoms in total. The van der Waals surface area contributed by atoms with Gasteiger partial charge in [0, 0.05) is 12.8 Å². The fourth-order valence-electron chi connectivity index (χ4n) is 1.14. The molecule has 2 rings (SSSR count). The van der Waals surface area contributed by atoms with E-state index in [9.17, 15) is 0 Å². The van der Waals surface area contributed by atoms with E-state index in [2.05, 4.69) is 4.98 Å². The minimum absolute atomic E-state index is 0.217. The van der Waals surface area contributed by atoms with Crippen molar-refractivity contribution in [3.05, 3.63) is 36.1 Å². The first-order valence-electron chi connectivity index (χ1n) is 4.07. The maximum Gasteiger partial charge on any atom is 0.292 e. The van der Waals surface area contributed by atoms with E-state index in [1.807, 2.05) is 12.1 Å². The van der Waals surface area contributed by atoms with Gasteiger partial charge in [-0.05, 0) is 12.1 Å². The van der Waals surface area contributed by atoms with E-state index in [1.54, 1.807) is 12.5 Å². The molecule has 0 amide bonds. The summed E-state index contributed by atoms with van der Waals surface area (Å²) in [4.78, 5) is 3.98. The van der Waals surface area contributed by atoms with Crippen molar-refractivity contribution in [3.8, 4) is 0 Å². The average molecular weight is 178 g/mol. The van der Waals surface area contributed by atoms with E-state index in [-0.39, 0.29) is 6.01 Å². The quantitative estimate of drug-likeness (QED) is 0.775. The molecule has 2 heterocycles. The average Bonchev–Trinajstić information content (AvgIpc) is 2.71. The van der Waals surface area contributed by atoms with Crippen molar-refractivity contribution >= 4 is 6.01 Å². The van der Waals surface area contributed by atoms with Gasteiger partial charge in [0.25, 0.3) is 6.01 Å². The standard InChI is InChI=1S/C9H10N2O2/c10-9-11-7(6-13-9)3-4-8-2-1-5-12-8/h1-2,5-6H,3-4H2,(H2,10,11). The van der Waals surface area contributed by atoms with E-state index in [0.29, 0.717) is 0 Å². The molecule has 13 heavy (non-hydrogen) atoms. The summed E-state index contributed by atoms with van der Waals surface area (Å²) in [5.41, 5.74) is 6.18. The van der Waals surface area contributed by atoms with Crippen LogP contribution in [0.15, 0.2) is 33.5 Å². The van der Waals surface area contributed by atoms with Crippen LogP contribution in [0.4, 0.5) is 6.01 Å². The lowest BCUT2D eigenvalue weighted by Crippen LogP contribution is -1.90. The lowest BCUT2D eigenvalue weighted by atomic mass is 10.2. The summed E-state index contributed by atoms with van der Waals surface area (Å²) < 4.78 is 10.0. The van der Waals surface area contributed by atoms with Gasteiger partial charge >= 0.3 is 0 Å². The van der Waals surface area contributed by atoms with Crippen LogP contribution in [0.2, 0.25) is 0 Å². The van der Waals surface area contributed by atoms with Gasteiger partial charge in [0.1, 0.15) is 12.0 Å². The molecule has 0 unspecified atom stereocenters. The second-order valence-electron chi connectivity index (χ2n) is 2.76. The van der Waals surface area contributed by atoms with Gasteiger partial charge < -0.3 is 14.6 Å². The minimum Gasteiger partial charge on any atom is -0.469 e. The van der Waals surface area contributed by atoms with Crippen LogP contribution in [-0.2, 0) is 12.8 Å². The zero-order valence-electron chi connectivity index (χ0n) is 7.06. The number of nitrogens with two attached hydrogens (primary N) is 1. The van der Waals surface area contributed by atoms with Crippen molar-refractivity contribution in [2.75, 3.05) is 5.73 Å². The van der Waals surface area contributed by atoms with Crippen LogP contribution in [0.25, 0.3) is 0 Å². The Balaban J connectivity index is 1.93. The Morgan fingerprint density at radius 2 is 2.23 bits per heavy atom. The molecule has 0 aliphatic carbocycles. The number of aromatic nitrogens is 1. The van der Waals surface area contributed by atoms with Crippen LogP contribution in [0.3, 0.4) is 0 Å². The number of hydrogen-bond donors (Lipinski definition) is 1. The smallest absolute Gasteiger partial charge is 0.292 e. The van der Waals surface area contributed by atoms with Crippen molar-refractivity contribution in [2.45, 2.75) is 12.8 Å². The molecule has 68 valence electrons. The largest absolute Gasteiger partial charge is 0.469 e. The Hall–Kier alpha value is -1.71. The highest BCUT2D eigenvalue weighted by Gasteiger charge is 2.01. The summed E-state index contributed by atoms with van der Waals surface area (Å²) >= 11 is 0. The summed E-state index contributed by atoms with van der Waals surface area (Å²) in [7, 11) is 0. The third kappa shape index (κ3) is 1.90. The molecule has 0 spiro atoms. The molecular weight excluding hydrogens is 168 g/mol. The molecule has 2 aromatic rings. The van der Waals surface area contributed by atoms with Gasteiger partial charge in [-0.15, -0.1) is 0 Å². The highest BCUT2D eigenvalue weighted by molar-refractivity contribution is 5.13. The number of nitrogens with zero attached hydrogens (tertiary/aromatic N) is 1. The zero-order valence-corrected chi connectivity index (χ0v) is 7.06. The fourth-order valence-corrected chi connectivity index (χ4v) is 1.14. The third-order valence-corrected chi connectivity index (χ3v) is 1.78. The van der Waals surface area contributed by atoms with Crippen LogP contribution in [0.5, 0.6) is 0 Å². The van der Waals surface area contributed by atoms with Gasteiger partial charge in [-0.3, -0.25) is 0 Å². The molecule has 0 aliphatic heterocycles. The van der Waals surface area contributed by atoms with Gasteiger partial charge in [-0.1, -0.05) is 0 Å².